The number of carbonyl (C=O) groups excluding carboxylic acids is 1. The Bertz CT molecular complexity index is 1130. The Morgan fingerprint density at radius 1 is 0.875 bits per heavy atom. The minimum atomic E-state index is 0. The van der Waals surface area contributed by atoms with E-state index in [2.05, 4.69) is 23.2 Å². The van der Waals surface area contributed by atoms with Crippen LogP contribution in [0.25, 0.3) is 11.0 Å². The van der Waals surface area contributed by atoms with Crippen LogP contribution in [-0.4, -0.2) is 44.8 Å². The topological polar surface area (TPSA) is 112 Å². The molecule has 2 heterocycles. The Kier molecular flexibility index (Phi) is 7.69. The van der Waals surface area contributed by atoms with Gasteiger partial charge >= 0.3 is 0 Å². The monoisotopic (exact) mass is 451 g/mol. The van der Waals surface area contributed by atoms with E-state index in [1.54, 1.807) is 11.8 Å². The number of nitrogens with zero attached hydrogens (tertiary/aromatic N) is 2. The van der Waals surface area contributed by atoms with Gasteiger partial charge in [-0.1, -0.05) is 42.1 Å². The Morgan fingerprint density at radius 2 is 1.50 bits per heavy atom. The van der Waals surface area contributed by atoms with Crippen LogP contribution in [0.2, 0.25) is 0 Å². The molecule has 1 aromatic heterocycles. The number of fused-ring (bicyclic) bond motifs is 1. The van der Waals surface area contributed by atoms with Crippen molar-refractivity contribution in [3.63, 3.8) is 0 Å². The lowest BCUT2D eigenvalue weighted by Crippen LogP contribution is -2.38. The normalized spacial score (nSPS) is 13.9. The number of aromatic amines is 1. The van der Waals surface area contributed by atoms with Crippen molar-refractivity contribution >= 4 is 28.7 Å². The summed E-state index contributed by atoms with van der Waals surface area (Å²) in [7, 11) is 0. The molecule has 0 atom stereocenters. The molecule has 0 saturated carbocycles. The van der Waals surface area contributed by atoms with Crippen molar-refractivity contribution in [3.8, 4) is 0 Å². The minimum Gasteiger partial charge on any atom is -0.412 e. The summed E-state index contributed by atoms with van der Waals surface area (Å²) < 4.78 is 0. The van der Waals surface area contributed by atoms with Crippen LogP contribution in [0.15, 0.2) is 88.7 Å². The first-order valence-corrected chi connectivity index (χ1v) is 11.1. The molecule has 0 aliphatic carbocycles. The number of likely N-dealkylation sites (tertiary alicyclic amines) is 1. The zero-order chi connectivity index (χ0) is 20.3. The molecular weight excluding hydrogens is 422 g/mol. The van der Waals surface area contributed by atoms with E-state index >= 15 is 0 Å². The molecule has 0 bridgehead atoms. The summed E-state index contributed by atoms with van der Waals surface area (Å²) in [5.41, 5.74) is 2.86. The van der Waals surface area contributed by atoms with Crippen molar-refractivity contribution in [3.05, 3.63) is 90.3 Å². The maximum absolute atomic E-state index is 12.9. The van der Waals surface area contributed by atoms with Crippen LogP contribution in [-0.2, 0) is 0 Å². The number of carbonyl (C=O) groups is 1. The number of rotatable bonds is 4. The maximum atomic E-state index is 12.9. The van der Waals surface area contributed by atoms with Gasteiger partial charge in [-0.25, -0.2) is 4.98 Å². The number of amides is 1. The van der Waals surface area contributed by atoms with E-state index in [0.717, 1.165) is 53.2 Å². The minimum absolute atomic E-state index is 0. The quantitative estimate of drug-likeness (QED) is 0.498. The van der Waals surface area contributed by atoms with Gasteiger partial charge in [0, 0.05) is 35.8 Å². The summed E-state index contributed by atoms with van der Waals surface area (Å²) in [5.74, 6) is 1.55. The molecule has 1 aliphatic heterocycles. The predicted octanol–water partition coefficient (Wildman–Crippen LogP) is 4.33. The van der Waals surface area contributed by atoms with Gasteiger partial charge in [0.2, 0.25) is 0 Å². The number of benzene rings is 3. The molecule has 1 amide bonds. The van der Waals surface area contributed by atoms with Gasteiger partial charge in [-0.2, -0.15) is 0 Å². The van der Waals surface area contributed by atoms with E-state index in [0.29, 0.717) is 5.92 Å². The number of H-pyrrole nitrogens is 1. The smallest absolute Gasteiger partial charge is 0.253 e. The summed E-state index contributed by atoms with van der Waals surface area (Å²) in [5, 5.41) is 0. The number of hydrogen-bond donors (Lipinski definition) is 1. The largest absolute Gasteiger partial charge is 0.412 e. The van der Waals surface area contributed by atoms with E-state index in [1.807, 2.05) is 65.6 Å². The first kappa shape index (κ1) is 23.5. The zero-order valence-electron chi connectivity index (χ0n) is 17.6. The number of imidazole rings is 1. The SMILES string of the molecule is O.O.O=C(c1ccc(Sc2ccccc2)cc1)N1CCC(c2nc3ccccc3[nH]2)CC1.[HH]. The molecule has 0 radical (unpaired) electrons. The first-order chi connectivity index (χ1) is 14.8. The number of hydrogen-bond acceptors (Lipinski definition) is 3. The van der Waals surface area contributed by atoms with Crippen LogP contribution in [0, 0.1) is 0 Å². The van der Waals surface area contributed by atoms with E-state index in [4.69, 9.17) is 4.98 Å². The highest BCUT2D eigenvalue weighted by molar-refractivity contribution is 7.99. The Labute approximate surface area is 192 Å². The lowest BCUT2D eigenvalue weighted by atomic mass is 9.95. The summed E-state index contributed by atoms with van der Waals surface area (Å²) in [4.78, 5) is 25.5. The van der Waals surface area contributed by atoms with E-state index in [9.17, 15) is 4.79 Å². The fourth-order valence-electron chi connectivity index (χ4n) is 3.99. The molecule has 6 nitrogen and oxygen atoms in total. The highest BCUT2D eigenvalue weighted by Gasteiger charge is 2.26. The molecule has 3 aromatic carbocycles. The number of aromatic nitrogens is 2. The van der Waals surface area contributed by atoms with Crippen molar-refractivity contribution in [2.45, 2.75) is 28.6 Å². The van der Waals surface area contributed by atoms with E-state index in [1.165, 1.54) is 4.90 Å². The van der Waals surface area contributed by atoms with Crippen molar-refractivity contribution in [1.82, 2.24) is 14.9 Å². The molecule has 5 rings (SSSR count). The van der Waals surface area contributed by atoms with E-state index in [-0.39, 0.29) is 18.3 Å². The predicted molar refractivity (Wildman–Crippen MR) is 130 cm³/mol. The van der Waals surface area contributed by atoms with Crippen LogP contribution in [0.3, 0.4) is 0 Å². The molecule has 1 aliphatic rings. The fourth-order valence-corrected chi connectivity index (χ4v) is 4.83. The molecule has 168 valence electrons. The molecule has 1 saturated heterocycles. The van der Waals surface area contributed by atoms with Crippen LogP contribution in [0.1, 0.15) is 36.4 Å². The lowest BCUT2D eigenvalue weighted by Gasteiger charge is -2.31. The maximum Gasteiger partial charge on any atom is 0.253 e. The third-order valence-electron chi connectivity index (χ3n) is 5.66. The van der Waals surface area contributed by atoms with Crippen LogP contribution in [0.5, 0.6) is 0 Å². The van der Waals surface area contributed by atoms with Gasteiger partial charge in [-0.05, 0) is 61.4 Å². The second-order valence-corrected chi connectivity index (χ2v) is 8.79. The second-order valence-electron chi connectivity index (χ2n) is 7.65. The lowest BCUT2D eigenvalue weighted by molar-refractivity contribution is 0.0711. The van der Waals surface area contributed by atoms with Gasteiger partial charge in [0.25, 0.3) is 5.91 Å². The second kappa shape index (κ2) is 10.5. The Morgan fingerprint density at radius 3 is 2.19 bits per heavy atom. The number of para-hydroxylation sites is 2. The van der Waals surface area contributed by atoms with E-state index < -0.39 is 0 Å². The fraction of sp³-hybridized carbons (Fsp3) is 0.200. The molecular formula is C25H29N3O3S. The van der Waals surface area contributed by atoms with Crippen LogP contribution in [0.4, 0.5) is 0 Å². The summed E-state index contributed by atoms with van der Waals surface area (Å²) in [6.07, 6.45) is 1.88. The zero-order valence-corrected chi connectivity index (χ0v) is 18.4. The Balaban J connectivity index is 0.00000128. The molecule has 0 unspecified atom stereocenters. The van der Waals surface area contributed by atoms with Gasteiger partial charge in [-0.3, -0.25) is 4.79 Å². The Hall–Kier alpha value is -3.13. The average molecular weight is 452 g/mol. The standard InChI is InChI=1S/C25H23N3OS.2H2O.H2/c29-25(19-10-12-21(13-11-19)30-20-6-2-1-3-7-20)28-16-14-18(15-17-28)24-26-22-8-4-5-9-23(22)27-24;;;/h1-13,18H,14-17H2,(H,26,27);2*1H2;1H. The van der Waals surface area contributed by atoms with Gasteiger partial charge in [-0.15, -0.1) is 0 Å². The third-order valence-corrected chi connectivity index (χ3v) is 6.67. The van der Waals surface area contributed by atoms with Crippen molar-refractivity contribution in [1.29, 1.82) is 0 Å². The average Bonchev–Trinajstić information content (AvgIpc) is 3.24. The molecule has 4 aromatic rings. The van der Waals surface area contributed by atoms with Crippen LogP contribution >= 0.6 is 11.8 Å². The van der Waals surface area contributed by atoms with Crippen LogP contribution < -0.4 is 0 Å². The van der Waals surface area contributed by atoms with Gasteiger partial charge in [0.1, 0.15) is 5.82 Å². The number of piperidine rings is 1. The van der Waals surface area contributed by atoms with Crippen molar-refractivity contribution < 1.29 is 17.2 Å². The van der Waals surface area contributed by atoms with Gasteiger partial charge in [0.15, 0.2) is 0 Å². The summed E-state index contributed by atoms with van der Waals surface area (Å²) >= 11 is 1.71. The summed E-state index contributed by atoms with van der Waals surface area (Å²) in [6.45, 7) is 1.53. The van der Waals surface area contributed by atoms with Gasteiger partial charge < -0.3 is 20.8 Å². The molecule has 7 heteroatoms. The highest BCUT2D eigenvalue weighted by atomic mass is 32.2. The van der Waals surface area contributed by atoms with Crippen molar-refractivity contribution in [2.75, 3.05) is 13.1 Å². The number of nitrogens with one attached hydrogen (secondary N) is 1. The highest BCUT2D eigenvalue weighted by Crippen LogP contribution is 2.30. The molecule has 1 fully saturated rings. The third kappa shape index (κ3) is 5.02. The van der Waals surface area contributed by atoms with Gasteiger partial charge in [0.05, 0.1) is 11.0 Å². The molecule has 0 spiro atoms. The van der Waals surface area contributed by atoms with Crippen molar-refractivity contribution in [2.24, 2.45) is 0 Å². The summed E-state index contributed by atoms with van der Waals surface area (Å²) in [6, 6.07) is 26.4. The molecule has 5 N–H and O–H groups in total. The molecule has 32 heavy (non-hydrogen) atoms. The first-order valence-electron chi connectivity index (χ1n) is 10.3.